The highest BCUT2D eigenvalue weighted by Gasteiger charge is 2.21. The molecule has 0 radical (unpaired) electrons. The molecule has 5 nitrogen and oxygen atoms in total. The Kier molecular flexibility index (Phi) is 4.63. The quantitative estimate of drug-likeness (QED) is 0.664. The molecule has 0 aromatic heterocycles. The Morgan fingerprint density at radius 2 is 2.26 bits per heavy atom. The summed E-state index contributed by atoms with van der Waals surface area (Å²) in [5, 5.41) is 0. The Balaban J connectivity index is 2.33. The molecule has 2 rings (SSSR count). The first-order chi connectivity index (χ1) is 9.24. The number of hydrogen-bond acceptors (Lipinski definition) is 5. The number of benzene rings is 1. The minimum atomic E-state index is -0.324. The Morgan fingerprint density at radius 3 is 3.05 bits per heavy atom. The van der Waals surface area contributed by atoms with Crippen LogP contribution in [0.15, 0.2) is 18.2 Å². The fourth-order valence-electron chi connectivity index (χ4n) is 2.26. The van der Waals surface area contributed by atoms with Crippen LogP contribution >= 0.6 is 0 Å². The number of nitrogen functional groups attached to an aromatic ring is 1. The summed E-state index contributed by atoms with van der Waals surface area (Å²) in [4.78, 5) is 14.1. The van der Waals surface area contributed by atoms with Crippen molar-refractivity contribution in [1.29, 1.82) is 0 Å². The highest BCUT2D eigenvalue weighted by molar-refractivity contribution is 5.99. The molecule has 0 atom stereocenters. The molecule has 1 saturated heterocycles. The average molecular weight is 264 g/mol. The maximum Gasteiger partial charge on any atom is 0.340 e. The lowest BCUT2D eigenvalue weighted by molar-refractivity contribution is 0.0527. The fraction of sp³-hybridized carbons (Fsp3) is 0.500. The largest absolute Gasteiger partial charge is 0.462 e. The Labute approximate surface area is 113 Å². The van der Waals surface area contributed by atoms with Gasteiger partial charge in [-0.3, -0.25) is 0 Å². The molecule has 2 N–H and O–H groups in total. The number of esters is 1. The molecule has 104 valence electrons. The lowest BCUT2D eigenvalue weighted by Gasteiger charge is -2.25. The minimum Gasteiger partial charge on any atom is -0.462 e. The van der Waals surface area contributed by atoms with Crippen molar-refractivity contribution in [2.75, 3.05) is 43.5 Å². The summed E-state index contributed by atoms with van der Waals surface area (Å²) in [5.41, 5.74) is 7.95. The van der Waals surface area contributed by atoms with Crippen molar-refractivity contribution in [3.8, 4) is 0 Å². The number of carbonyl (C=O) groups is 1. The molecule has 0 aliphatic carbocycles. The van der Waals surface area contributed by atoms with Gasteiger partial charge in [-0.25, -0.2) is 4.79 Å². The number of hydrogen-bond donors (Lipinski definition) is 1. The van der Waals surface area contributed by atoms with Gasteiger partial charge in [0.05, 0.1) is 30.2 Å². The monoisotopic (exact) mass is 264 g/mol. The van der Waals surface area contributed by atoms with Crippen molar-refractivity contribution in [3.05, 3.63) is 23.8 Å². The van der Waals surface area contributed by atoms with Crippen LogP contribution in [0.5, 0.6) is 0 Å². The van der Waals surface area contributed by atoms with Crippen LogP contribution in [0.25, 0.3) is 0 Å². The average Bonchev–Trinajstić information content (AvgIpc) is 2.67. The topological polar surface area (TPSA) is 64.8 Å². The van der Waals surface area contributed by atoms with Gasteiger partial charge in [0.15, 0.2) is 0 Å². The summed E-state index contributed by atoms with van der Waals surface area (Å²) in [6.07, 6.45) is 0.927. The normalized spacial score (nSPS) is 15.9. The van der Waals surface area contributed by atoms with E-state index in [1.54, 1.807) is 19.1 Å². The van der Waals surface area contributed by atoms with E-state index in [1.807, 2.05) is 6.07 Å². The van der Waals surface area contributed by atoms with Crippen LogP contribution in [0.4, 0.5) is 11.4 Å². The van der Waals surface area contributed by atoms with Gasteiger partial charge in [0.25, 0.3) is 0 Å². The molecule has 19 heavy (non-hydrogen) atoms. The molecule has 1 heterocycles. The number of carbonyl (C=O) groups excluding carboxylic acids is 1. The third-order valence-corrected chi connectivity index (χ3v) is 3.10. The van der Waals surface area contributed by atoms with Gasteiger partial charge in [0, 0.05) is 19.7 Å². The van der Waals surface area contributed by atoms with E-state index in [4.69, 9.17) is 15.2 Å². The third kappa shape index (κ3) is 3.17. The highest BCUT2D eigenvalue weighted by Crippen LogP contribution is 2.29. The lowest BCUT2D eigenvalue weighted by Crippen LogP contribution is -2.29. The molecule has 5 heteroatoms. The van der Waals surface area contributed by atoms with Crippen LogP contribution in [0, 0.1) is 0 Å². The summed E-state index contributed by atoms with van der Waals surface area (Å²) in [7, 11) is 0. The number of nitrogens with two attached hydrogens (primary N) is 1. The molecule has 0 bridgehead atoms. The molecule has 1 aliphatic rings. The van der Waals surface area contributed by atoms with E-state index < -0.39 is 0 Å². The van der Waals surface area contributed by atoms with E-state index in [-0.39, 0.29) is 5.97 Å². The zero-order valence-electron chi connectivity index (χ0n) is 11.2. The zero-order valence-corrected chi connectivity index (χ0v) is 11.2. The highest BCUT2D eigenvalue weighted by atomic mass is 16.5. The second-order valence-electron chi connectivity index (χ2n) is 4.42. The Hall–Kier alpha value is -1.75. The molecule has 0 amide bonds. The smallest absolute Gasteiger partial charge is 0.340 e. The van der Waals surface area contributed by atoms with E-state index >= 15 is 0 Å². The Morgan fingerprint density at radius 1 is 1.42 bits per heavy atom. The molecule has 1 aliphatic heterocycles. The Bertz CT molecular complexity index is 440. The summed E-state index contributed by atoms with van der Waals surface area (Å²) in [5.74, 6) is -0.324. The number of ether oxygens (including phenoxy) is 2. The molecule has 0 spiro atoms. The molecule has 0 unspecified atom stereocenters. The van der Waals surface area contributed by atoms with Crippen LogP contribution in [-0.4, -0.2) is 38.9 Å². The van der Waals surface area contributed by atoms with Crippen LogP contribution in [-0.2, 0) is 9.47 Å². The fourth-order valence-corrected chi connectivity index (χ4v) is 2.26. The van der Waals surface area contributed by atoms with Gasteiger partial charge in [-0.15, -0.1) is 0 Å². The van der Waals surface area contributed by atoms with Gasteiger partial charge in [0.2, 0.25) is 0 Å². The maximum absolute atomic E-state index is 12.0. The number of anilines is 2. The van der Waals surface area contributed by atoms with Gasteiger partial charge in [-0.05, 0) is 25.5 Å². The molecule has 1 aromatic rings. The molecule has 1 aromatic carbocycles. The van der Waals surface area contributed by atoms with Gasteiger partial charge in [0.1, 0.15) is 0 Å². The molecular formula is C14H20N2O3. The third-order valence-electron chi connectivity index (χ3n) is 3.10. The predicted molar refractivity (Wildman–Crippen MR) is 74.5 cm³/mol. The number of nitrogens with zero attached hydrogens (tertiary/aromatic N) is 1. The van der Waals surface area contributed by atoms with Crippen molar-refractivity contribution in [1.82, 2.24) is 0 Å². The van der Waals surface area contributed by atoms with Crippen molar-refractivity contribution >= 4 is 17.3 Å². The lowest BCUT2D eigenvalue weighted by atomic mass is 10.1. The zero-order chi connectivity index (χ0) is 13.7. The first-order valence-corrected chi connectivity index (χ1v) is 6.62. The molecule has 1 fully saturated rings. The van der Waals surface area contributed by atoms with Crippen molar-refractivity contribution in [2.45, 2.75) is 13.3 Å². The van der Waals surface area contributed by atoms with Gasteiger partial charge < -0.3 is 20.1 Å². The van der Waals surface area contributed by atoms with Crippen molar-refractivity contribution < 1.29 is 14.3 Å². The first-order valence-electron chi connectivity index (χ1n) is 6.62. The molecular weight excluding hydrogens is 244 g/mol. The van der Waals surface area contributed by atoms with Crippen molar-refractivity contribution in [3.63, 3.8) is 0 Å². The number of para-hydroxylation sites is 1. The second-order valence-corrected chi connectivity index (χ2v) is 4.42. The van der Waals surface area contributed by atoms with Gasteiger partial charge in [-0.2, -0.15) is 0 Å². The molecule has 0 saturated carbocycles. The van der Waals surface area contributed by atoms with Crippen LogP contribution in [0.1, 0.15) is 23.7 Å². The minimum absolute atomic E-state index is 0.324. The van der Waals surface area contributed by atoms with Crippen LogP contribution < -0.4 is 10.6 Å². The van der Waals surface area contributed by atoms with Gasteiger partial charge in [-0.1, -0.05) is 6.07 Å². The standard InChI is InChI=1S/C14H20N2O3/c1-2-19-14(17)11-5-3-6-12(15)13(11)16-7-4-9-18-10-8-16/h3,5-6H,2,4,7-10,15H2,1H3. The summed E-state index contributed by atoms with van der Waals surface area (Å²) >= 11 is 0. The summed E-state index contributed by atoms with van der Waals surface area (Å²) in [6.45, 7) is 5.12. The second kappa shape index (κ2) is 6.43. The SMILES string of the molecule is CCOC(=O)c1cccc(N)c1N1CCCOCC1. The maximum atomic E-state index is 12.0. The summed E-state index contributed by atoms with van der Waals surface area (Å²) < 4.78 is 10.5. The van der Waals surface area contributed by atoms with Gasteiger partial charge >= 0.3 is 5.97 Å². The van der Waals surface area contributed by atoms with E-state index in [9.17, 15) is 4.79 Å². The van der Waals surface area contributed by atoms with Crippen LogP contribution in [0.3, 0.4) is 0 Å². The first kappa shape index (κ1) is 13.7. The summed E-state index contributed by atoms with van der Waals surface area (Å²) in [6, 6.07) is 5.35. The number of rotatable bonds is 3. The van der Waals surface area contributed by atoms with Crippen LogP contribution in [0.2, 0.25) is 0 Å². The van der Waals surface area contributed by atoms with E-state index in [0.717, 1.165) is 31.8 Å². The van der Waals surface area contributed by atoms with Crippen molar-refractivity contribution in [2.24, 2.45) is 0 Å². The predicted octanol–water partition coefficient (Wildman–Crippen LogP) is 1.67. The van der Waals surface area contributed by atoms with E-state index in [2.05, 4.69) is 4.90 Å². The van der Waals surface area contributed by atoms with E-state index in [0.29, 0.717) is 24.5 Å². The van der Waals surface area contributed by atoms with E-state index in [1.165, 1.54) is 0 Å².